The lowest BCUT2D eigenvalue weighted by molar-refractivity contribution is -0.117. The van der Waals surface area contributed by atoms with Crippen LogP contribution in [0.2, 0.25) is 0 Å². The first kappa shape index (κ1) is 17.9. The van der Waals surface area contributed by atoms with Crippen LogP contribution in [0.3, 0.4) is 0 Å². The van der Waals surface area contributed by atoms with Gasteiger partial charge in [0.15, 0.2) is 0 Å². The van der Waals surface area contributed by atoms with E-state index in [-0.39, 0.29) is 12.5 Å². The Labute approximate surface area is 117 Å². The van der Waals surface area contributed by atoms with Crippen LogP contribution in [-0.2, 0) is 4.79 Å². The smallest absolute Gasteiger partial charge is 0.243 e. The highest BCUT2D eigenvalue weighted by Crippen LogP contribution is 1.99. The second-order valence-electron chi connectivity index (χ2n) is 4.85. The van der Waals surface area contributed by atoms with Crippen molar-refractivity contribution in [2.75, 3.05) is 6.54 Å². The standard InChI is InChI=1S/C16H25NO2/c1-4-5-6-7-8-9-10-11-12-13-15(18)17-14-16(2,3)19/h4-9,12-13,19H,10-11,14H2,1-3H3,(H,17,18)/b9-8-,13-12+. The van der Waals surface area contributed by atoms with Crippen molar-refractivity contribution in [1.29, 1.82) is 0 Å². The van der Waals surface area contributed by atoms with Gasteiger partial charge in [-0.2, -0.15) is 0 Å². The monoisotopic (exact) mass is 263 g/mol. The molecule has 0 bridgehead atoms. The Balaban J connectivity index is 3.54. The van der Waals surface area contributed by atoms with Crippen molar-refractivity contribution in [3.8, 4) is 0 Å². The molecule has 19 heavy (non-hydrogen) atoms. The molecule has 106 valence electrons. The van der Waals surface area contributed by atoms with Crippen LogP contribution in [0.4, 0.5) is 0 Å². The molecule has 4 radical (unpaired) electrons. The van der Waals surface area contributed by atoms with Gasteiger partial charge >= 0.3 is 0 Å². The molecule has 3 heteroatoms. The van der Waals surface area contributed by atoms with E-state index >= 15 is 0 Å². The summed E-state index contributed by atoms with van der Waals surface area (Å²) in [5.41, 5.74) is -0.870. The van der Waals surface area contributed by atoms with Crippen molar-refractivity contribution in [1.82, 2.24) is 5.32 Å². The normalized spacial score (nSPS) is 12.4. The molecule has 2 N–H and O–H groups in total. The van der Waals surface area contributed by atoms with Gasteiger partial charge in [0, 0.05) is 6.54 Å². The molecule has 0 heterocycles. The minimum absolute atomic E-state index is 0.168. The van der Waals surface area contributed by atoms with E-state index in [0.29, 0.717) is 0 Å². The Morgan fingerprint density at radius 1 is 1.16 bits per heavy atom. The predicted octanol–water partition coefficient (Wildman–Crippen LogP) is 2.60. The van der Waals surface area contributed by atoms with Gasteiger partial charge in [0.1, 0.15) is 0 Å². The van der Waals surface area contributed by atoms with Crippen LogP contribution in [0.5, 0.6) is 0 Å². The molecular weight excluding hydrogens is 238 g/mol. The van der Waals surface area contributed by atoms with Gasteiger partial charge in [0.2, 0.25) is 5.91 Å². The molecule has 0 spiro atoms. The summed E-state index contributed by atoms with van der Waals surface area (Å²) in [6.07, 6.45) is 17.0. The number of hydrogen-bond acceptors (Lipinski definition) is 2. The van der Waals surface area contributed by atoms with E-state index in [4.69, 9.17) is 0 Å². The molecule has 0 fully saturated rings. The highest BCUT2D eigenvalue weighted by molar-refractivity contribution is 5.87. The number of carbonyl (C=O) groups excluding carboxylic acids is 1. The van der Waals surface area contributed by atoms with Gasteiger partial charge in [0.05, 0.1) is 5.60 Å². The number of nitrogens with one attached hydrogen (secondary N) is 1. The van der Waals surface area contributed by atoms with E-state index in [1.807, 2.05) is 44.8 Å². The Morgan fingerprint density at radius 2 is 1.84 bits per heavy atom. The van der Waals surface area contributed by atoms with Gasteiger partial charge in [-0.05, 0) is 58.4 Å². The minimum Gasteiger partial charge on any atom is -0.389 e. The highest BCUT2D eigenvalue weighted by atomic mass is 16.3. The molecule has 3 nitrogen and oxygen atoms in total. The van der Waals surface area contributed by atoms with Crippen LogP contribution in [0.15, 0.2) is 24.3 Å². The zero-order valence-corrected chi connectivity index (χ0v) is 12.1. The van der Waals surface area contributed by atoms with Crippen molar-refractivity contribution >= 4 is 5.91 Å². The summed E-state index contributed by atoms with van der Waals surface area (Å²) in [5, 5.41) is 12.1. The summed E-state index contributed by atoms with van der Waals surface area (Å²) < 4.78 is 0. The number of unbranched alkanes of at least 4 members (excludes halogenated alkanes) is 4. The zero-order valence-electron chi connectivity index (χ0n) is 12.1. The third-order valence-corrected chi connectivity index (χ3v) is 2.13. The van der Waals surface area contributed by atoms with Gasteiger partial charge in [-0.15, -0.1) is 0 Å². The van der Waals surface area contributed by atoms with Crippen LogP contribution in [0.25, 0.3) is 0 Å². The maximum absolute atomic E-state index is 11.4. The molecule has 0 saturated heterocycles. The first-order valence-electron chi connectivity index (χ1n) is 6.57. The number of amides is 1. The molecule has 0 aliphatic rings. The third kappa shape index (κ3) is 14.9. The van der Waals surface area contributed by atoms with Gasteiger partial charge in [-0.1, -0.05) is 25.2 Å². The lowest BCUT2D eigenvalue weighted by Gasteiger charge is -2.16. The Morgan fingerprint density at radius 3 is 2.47 bits per heavy atom. The lowest BCUT2D eigenvalue weighted by Crippen LogP contribution is -2.37. The van der Waals surface area contributed by atoms with E-state index in [1.54, 1.807) is 13.8 Å². The molecule has 0 aromatic heterocycles. The molecule has 0 aliphatic carbocycles. The molecule has 0 atom stereocenters. The van der Waals surface area contributed by atoms with Crippen molar-refractivity contribution in [3.63, 3.8) is 0 Å². The molecule has 0 aliphatic heterocycles. The fourth-order valence-electron chi connectivity index (χ4n) is 1.16. The second-order valence-corrected chi connectivity index (χ2v) is 4.85. The maximum Gasteiger partial charge on any atom is 0.243 e. The maximum atomic E-state index is 11.4. The molecule has 1 amide bonds. The SMILES string of the molecule is C[CH][CH][CH][CH]/C=C\CC/C=C/C(=O)NCC(C)(C)O. The molecule has 0 saturated carbocycles. The highest BCUT2D eigenvalue weighted by Gasteiger charge is 2.12. The Kier molecular flexibility index (Phi) is 10.2. The van der Waals surface area contributed by atoms with Gasteiger partial charge in [-0.25, -0.2) is 0 Å². The largest absolute Gasteiger partial charge is 0.389 e. The Hall–Kier alpha value is -1.09. The van der Waals surface area contributed by atoms with Crippen LogP contribution < -0.4 is 5.32 Å². The summed E-state index contributed by atoms with van der Waals surface area (Å²) in [4.78, 5) is 11.4. The van der Waals surface area contributed by atoms with E-state index in [9.17, 15) is 9.90 Å². The Bertz CT molecular complexity index is 288. The first-order valence-corrected chi connectivity index (χ1v) is 6.57. The van der Waals surface area contributed by atoms with Crippen LogP contribution in [-0.4, -0.2) is 23.2 Å². The number of aliphatic hydroxyl groups is 1. The fraction of sp³-hybridized carbons (Fsp3) is 0.438. The summed E-state index contributed by atoms with van der Waals surface area (Å²) in [6.45, 7) is 5.54. The van der Waals surface area contributed by atoms with Crippen molar-refractivity contribution in [2.45, 2.75) is 39.2 Å². The predicted molar refractivity (Wildman–Crippen MR) is 79.7 cm³/mol. The van der Waals surface area contributed by atoms with E-state index in [0.717, 1.165) is 12.8 Å². The zero-order chi connectivity index (χ0) is 14.6. The summed E-state index contributed by atoms with van der Waals surface area (Å²) >= 11 is 0. The van der Waals surface area contributed by atoms with Crippen LogP contribution in [0, 0.1) is 25.7 Å². The van der Waals surface area contributed by atoms with Crippen LogP contribution in [0.1, 0.15) is 33.6 Å². The van der Waals surface area contributed by atoms with Crippen LogP contribution >= 0.6 is 0 Å². The topological polar surface area (TPSA) is 49.3 Å². The number of hydrogen-bond donors (Lipinski definition) is 2. The summed E-state index contributed by atoms with van der Waals surface area (Å²) in [7, 11) is 0. The quantitative estimate of drug-likeness (QED) is 0.470. The summed E-state index contributed by atoms with van der Waals surface area (Å²) in [6, 6.07) is 0. The van der Waals surface area contributed by atoms with Gasteiger partial charge in [0.25, 0.3) is 0 Å². The minimum atomic E-state index is -0.870. The average molecular weight is 263 g/mol. The summed E-state index contributed by atoms with van der Waals surface area (Å²) in [5.74, 6) is -0.168. The number of rotatable bonds is 10. The lowest BCUT2D eigenvalue weighted by atomic mass is 10.1. The van der Waals surface area contributed by atoms with E-state index in [2.05, 4.69) is 11.4 Å². The van der Waals surface area contributed by atoms with Crippen molar-refractivity contribution < 1.29 is 9.90 Å². The molecule has 0 aromatic rings. The molecule has 0 rings (SSSR count). The van der Waals surface area contributed by atoms with Gasteiger partial charge < -0.3 is 10.4 Å². The van der Waals surface area contributed by atoms with Gasteiger partial charge in [-0.3, -0.25) is 4.79 Å². The van der Waals surface area contributed by atoms with Crippen molar-refractivity contribution in [2.24, 2.45) is 0 Å². The average Bonchev–Trinajstić information content (AvgIpc) is 2.33. The fourth-order valence-corrected chi connectivity index (χ4v) is 1.16. The molecular formula is C16H25NO2. The molecule has 0 unspecified atom stereocenters. The third-order valence-electron chi connectivity index (χ3n) is 2.13. The number of allylic oxidation sites excluding steroid dienone is 3. The second kappa shape index (κ2) is 10.8. The first-order chi connectivity index (χ1) is 8.95. The molecule has 0 aromatic carbocycles. The van der Waals surface area contributed by atoms with Crippen molar-refractivity contribution in [3.05, 3.63) is 50.0 Å². The number of carbonyl (C=O) groups is 1. The van der Waals surface area contributed by atoms with E-state index in [1.165, 1.54) is 6.08 Å². The van der Waals surface area contributed by atoms with E-state index < -0.39 is 5.60 Å².